The van der Waals surface area contributed by atoms with Gasteiger partial charge in [0.15, 0.2) is 5.11 Å². The lowest BCUT2D eigenvalue weighted by molar-refractivity contribution is 0.0601. The lowest BCUT2D eigenvalue weighted by Gasteiger charge is -2.13. The van der Waals surface area contributed by atoms with Crippen LogP contribution in [-0.4, -0.2) is 18.2 Å². The highest BCUT2D eigenvalue weighted by atomic mass is 32.1. The van der Waals surface area contributed by atoms with E-state index in [9.17, 15) is 4.79 Å². The lowest BCUT2D eigenvalue weighted by atomic mass is 10.1. The van der Waals surface area contributed by atoms with E-state index in [1.165, 1.54) is 24.0 Å². The molecule has 0 amide bonds. The highest BCUT2D eigenvalue weighted by molar-refractivity contribution is 7.80. The summed E-state index contributed by atoms with van der Waals surface area (Å²) in [5, 5.41) is 7.52. The quantitative estimate of drug-likeness (QED) is 0.602. The maximum absolute atomic E-state index is 12.1. The van der Waals surface area contributed by atoms with Crippen LogP contribution in [0.3, 0.4) is 0 Å². The molecule has 2 rings (SSSR count). The van der Waals surface area contributed by atoms with Crippen LogP contribution < -0.4 is 10.6 Å². The highest BCUT2D eigenvalue weighted by Gasteiger charge is 2.22. The molecule has 2 aromatic rings. The summed E-state index contributed by atoms with van der Waals surface area (Å²) in [5.41, 5.74) is 4.84. The van der Waals surface area contributed by atoms with Crippen LogP contribution in [0, 0.1) is 20.8 Å². The van der Waals surface area contributed by atoms with Crippen LogP contribution in [0.15, 0.2) is 18.2 Å². The minimum Gasteiger partial charge on any atom is -0.465 e. The second kappa shape index (κ2) is 7.77. The van der Waals surface area contributed by atoms with Crippen molar-refractivity contribution >= 4 is 45.3 Å². The van der Waals surface area contributed by atoms with Gasteiger partial charge in [0.05, 0.1) is 12.7 Å². The zero-order chi connectivity index (χ0) is 17.9. The van der Waals surface area contributed by atoms with Gasteiger partial charge in [-0.1, -0.05) is 24.6 Å². The summed E-state index contributed by atoms with van der Waals surface area (Å²) in [6.45, 7) is 8.11. The van der Waals surface area contributed by atoms with Gasteiger partial charge in [-0.15, -0.1) is 11.3 Å². The molecule has 0 spiro atoms. The predicted molar refractivity (Wildman–Crippen MR) is 106 cm³/mol. The van der Waals surface area contributed by atoms with E-state index in [4.69, 9.17) is 17.0 Å². The zero-order valence-electron chi connectivity index (χ0n) is 14.6. The van der Waals surface area contributed by atoms with Crippen molar-refractivity contribution in [3.8, 4) is 0 Å². The number of esters is 1. The lowest BCUT2D eigenvalue weighted by Crippen LogP contribution is -2.20. The fourth-order valence-electron chi connectivity index (χ4n) is 2.62. The van der Waals surface area contributed by atoms with Crippen LogP contribution in [0.1, 0.15) is 38.8 Å². The zero-order valence-corrected chi connectivity index (χ0v) is 16.2. The Morgan fingerprint density at radius 3 is 2.54 bits per heavy atom. The first kappa shape index (κ1) is 18.4. The molecule has 1 aromatic heterocycles. The summed E-state index contributed by atoms with van der Waals surface area (Å²) >= 11 is 6.93. The molecule has 0 bridgehead atoms. The van der Waals surface area contributed by atoms with Crippen molar-refractivity contribution < 1.29 is 9.53 Å². The highest BCUT2D eigenvalue weighted by Crippen LogP contribution is 2.34. The molecule has 0 fully saturated rings. The Hall–Kier alpha value is -1.92. The summed E-state index contributed by atoms with van der Waals surface area (Å²) < 4.78 is 4.93. The maximum atomic E-state index is 12.1. The Bertz CT molecular complexity index is 782. The maximum Gasteiger partial charge on any atom is 0.341 e. The van der Waals surface area contributed by atoms with Gasteiger partial charge in [0, 0.05) is 10.6 Å². The number of hydrogen-bond acceptors (Lipinski definition) is 4. The van der Waals surface area contributed by atoms with E-state index in [1.807, 2.05) is 32.9 Å². The summed E-state index contributed by atoms with van der Waals surface area (Å²) in [7, 11) is 1.39. The SMILES string of the molecule is CCc1c(C)sc(NC(=S)Nc2ccc(C)cc2C)c1C(=O)OC. The first-order chi connectivity index (χ1) is 11.4. The number of nitrogens with one attached hydrogen (secondary N) is 2. The smallest absolute Gasteiger partial charge is 0.341 e. The van der Waals surface area contributed by atoms with Gasteiger partial charge < -0.3 is 15.4 Å². The Morgan fingerprint density at radius 1 is 1.25 bits per heavy atom. The fourth-order valence-corrected chi connectivity index (χ4v) is 4.04. The molecule has 0 saturated carbocycles. The molecule has 1 heterocycles. The molecule has 0 radical (unpaired) electrons. The molecule has 2 N–H and O–H groups in total. The van der Waals surface area contributed by atoms with Crippen molar-refractivity contribution in [2.24, 2.45) is 0 Å². The van der Waals surface area contributed by atoms with Gasteiger partial charge in [-0.2, -0.15) is 0 Å². The number of anilines is 2. The molecule has 0 saturated heterocycles. The Kier molecular flexibility index (Phi) is 5.96. The standard InChI is InChI=1S/C18H22N2O2S2/c1-6-13-12(4)24-16(15(13)17(21)22-5)20-18(23)19-14-8-7-10(2)9-11(14)3/h7-9H,6H2,1-5H3,(H2,19,20,23). The third-order valence-corrected chi connectivity index (χ3v) is 5.08. The minimum absolute atomic E-state index is 0.340. The predicted octanol–water partition coefficient (Wildman–Crippen LogP) is 4.83. The van der Waals surface area contributed by atoms with Gasteiger partial charge in [-0.05, 0) is 56.6 Å². The number of thiocarbonyl (C=S) groups is 1. The number of carbonyl (C=O) groups excluding carboxylic acids is 1. The topological polar surface area (TPSA) is 50.4 Å². The molecule has 0 aliphatic rings. The molecule has 0 atom stereocenters. The second-order valence-corrected chi connectivity index (χ2v) is 7.22. The van der Waals surface area contributed by atoms with Gasteiger partial charge in [-0.3, -0.25) is 0 Å². The molecule has 0 unspecified atom stereocenters. The van der Waals surface area contributed by atoms with Crippen LogP contribution in [0.2, 0.25) is 0 Å². The van der Waals surface area contributed by atoms with Gasteiger partial charge in [0.1, 0.15) is 5.00 Å². The average molecular weight is 363 g/mol. The summed E-state index contributed by atoms with van der Waals surface area (Å²) in [6, 6.07) is 6.12. The molecule has 0 aliphatic heterocycles. The third-order valence-electron chi connectivity index (χ3n) is 3.81. The van der Waals surface area contributed by atoms with E-state index in [0.29, 0.717) is 10.7 Å². The summed E-state index contributed by atoms with van der Waals surface area (Å²) in [4.78, 5) is 13.2. The molecule has 24 heavy (non-hydrogen) atoms. The number of rotatable bonds is 4. The van der Waals surface area contributed by atoms with Crippen molar-refractivity contribution in [1.82, 2.24) is 0 Å². The monoisotopic (exact) mass is 362 g/mol. The van der Waals surface area contributed by atoms with Gasteiger partial charge in [0.2, 0.25) is 0 Å². The second-order valence-electron chi connectivity index (χ2n) is 5.58. The molecular weight excluding hydrogens is 340 g/mol. The Balaban J connectivity index is 2.24. The van der Waals surface area contributed by atoms with E-state index >= 15 is 0 Å². The van der Waals surface area contributed by atoms with Crippen LogP contribution in [0.4, 0.5) is 10.7 Å². The Labute approximate surface area is 152 Å². The van der Waals surface area contributed by atoms with Crippen LogP contribution in [0.5, 0.6) is 0 Å². The van der Waals surface area contributed by atoms with E-state index < -0.39 is 0 Å². The van der Waals surface area contributed by atoms with Gasteiger partial charge >= 0.3 is 5.97 Å². The molecule has 4 nitrogen and oxygen atoms in total. The van der Waals surface area contributed by atoms with Gasteiger partial charge in [-0.25, -0.2) is 4.79 Å². The van der Waals surface area contributed by atoms with Crippen molar-refractivity contribution in [2.75, 3.05) is 17.7 Å². The summed E-state index contributed by atoms with van der Waals surface area (Å²) in [6.07, 6.45) is 0.770. The van der Waals surface area contributed by atoms with Crippen molar-refractivity contribution in [3.05, 3.63) is 45.3 Å². The molecule has 6 heteroatoms. The fraction of sp³-hybridized carbons (Fsp3) is 0.333. The summed E-state index contributed by atoms with van der Waals surface area (Å²) in [5.74, 6) is -0.340. The number of methoxy groups -OCH3 is 1. The molecule has 0 aliphatic carbocycles. The third kappa shape index (κ3) is 3.94. The van der Waals surface area contributed by atoms with Crippen LogP contribution in [0.25, 0.3) is 0 Å². The molecule has 128 valence electrons. The number of thiophene rings is 1. The van der Waals surface area contributed by atoms with E-state index in [1.54, 1.807) is 0 Å². The number of aryl methyl sites for hydroxylation is 3. The van der Waals surface area contributed by atoms with Crippen molar-refractivity contribution in [3.63, 3.8) is 0 Å². The van der Waals surface area contributed by atoms with E-state index in [2.05, 4.69) is 23.6 Å². The number of hydrogen-bond donors (Lipinski definition) is 2. The largest absolute Gasteiger partial charge is 0.465 e. The first-order valence-electron chi connectivity index (χ1n) is 7.73. The average Bonchev–Trinajstić information content (AvgIpc) is 2.84. The van der Waals surface area contributed by atoms with Gasteiger partial charge in [0.25, 0.3) is 0 Å². The minimum atomic E-state index is -0.340. The van der Waals surface area contributed by atoms with E-state index in [0.717, 1.165) is 33.1 Å². The molecular formula is C18H22N2O2S2. The molecule has 1 aromatic carbocycles. The Morgan fingerprint density at radius 2 is 1.96 bits per heavy atom. The van der Waals surface area contributed by atoms with Crippen LogP contribution in [-0.2, 0) is 11.2 Å². The normalized spacial score (nSPS) is 10.4. The number of ether oxygens (including phenoxy) is 1. The number of carbonyl (C=O) groups is 1. The number of benzene rings is 1. The van der Waals surface area contributed by atoms with Crippen LogP contribution >= 0.6 is 23.6 Å². The first-order valence-corrected chi connectivity index (χ1v) is 8.95. The van der Waals surface area contributed by atoms with E-state index in [-0.39, 0.29) is 5.97 Å². The van der Waals surface area contributed by atoms with Crippen molar-refractivity contribution in [1.29, 1.82) is 0 Å². The van der Waals surface area contributed by atoms with Crippen molar-refractivity contribution in [2.45, 2.75) is 34.1 Å².